The number of thiophene rings is 1. The number of fused-ring (bicyclic) bond motifs is 8. The number of rotatable bonds is 2. The third-order valence-corrected chi connectivity index (χ3v) is 9.42. The summed E-state index contributed by atoms with van der Waals surface area (Å²) in [6.45, 7) is 0. The van der Waals surface area contributed by atoms with Crippen LogP contribution in [-0.4, -0.2) is 4.57 Å². The summed E-state index contributed by atoms with van der Waals surface area (Å²) in [7, 11) is 0. The molecule has 35 heavy (non-hydrogen) atoms. The normalized spacial score (nSPS) is 15.3. The molecule has 0 saturated heterocycles. The maximum Gasteiger partial charge on any atom is 0.103 e. The van der Waals surface area contributed by atoms with E-state index in [1.807, 2.05) is 23.1 Å². The van der Waals surface area contributed by atoms with E-state index in [4.69, 9.17) is 0 Å². The van der Waals surface area contributed by atoms with E-state index in [0.717, 1.165) is 0 Å². The number of thioether (sulfide) groups is 1. The Kier molecular flexibility index (Phi) is 4.13. The fraction of sp³-hybridized carbons (Fsp3) is 0.0323. The molecule has 5 aromatic carbocycles. The van der Waals surface area contributed by atoms with E-state index < -0.39 is 0 Å². The minimum absolute atomic E-state index is 0.210. The van der Waals surface area contributed by atoms with Crippen molar-refractivity contribution >= 4 is 70.8 Å². The van der Waals surface area contributed by atoms with Crippen LogP contribution in [0, 0.1) is 0 Å². The van der Waals surface area contributed by atoms with Gasteiger partial charge in [0.25, 0.3) is 0 Å². The minimum atomic E-state index is 0.210. The Bertz CT molecular complexity index is 1860. The Morgan fingerprint density at radius 2 is 1.26 bits per heavy atom. The zero-order valence-corrected chi connectivity index (χ0v) is 20.4. The predicted molar refractivity (Wildman–Crippen MR) is 152 cm³/mol. The van der Waals surface area contributed by atoms with Crippen molar-refractivity contribution in [2.75, 3.05) is 5.32 Å². The van der Waals surface area contributed by atoms with Crippen LogP contribution < -0.4 is 5.32 Å². The Labute approximate surface area is 210 Å². The van der Waals surface area contributed by atoms with Gasteiger partial charge in [-0.15, -0.1) is 11.3 Å². The molecule has 1 aliphatic rings. The molecule has 0 aliphatic carbocycles. The molecule has 1 atom stereocenters. The Morgan fingerprint density at radius 1 is 0.600 bits per heavy atom. The van der Waals surface area contributed by atoms with Crippen molar-refractivity contribution in [1.82, 2.24) is 4.57 Å². The molecule has 1 aliphatic heterocycles. The zero-order valence-electron chi connectivity index (χ0n) is 18.7. The summed E-state index contributed by atoms with van der Waals surface area (Å²) in [4.78, 5) is 1.33. The van der Waals surface area contributed by atoms with E-state index in [0.29, 0.717) is 0 Å². The number of para-hydroxylation sites is 2. The number of hydrogen-bond acceptors (Lipinski definition) is 3. The van der Waals surface area contributed by atoms with Crippen molar-refractivity contribution in [3.8, 4) is 5.69 Å². The summed E-state index contributed by atoms with van der Waals surface area (Å²) in [5.74, 6) is 0. The lowest BCUT2D eigenvalue weighted by Gasteiger charge is -2.13. The highest BCUT2D eigenvalue weighted by Crippen LogP contribution is 2.52. The highest BCUT2D eigenvalue weighted by atomic mass is 32.2. The summed E-state index contributed by atoms with van der Waals surface area (Å²) in [5, 5.41) is 9.35. The van der Waals surface area contributed by atoms with Gasteiger partial charge in [-0.3, -0.25) is 0 Å². The van der Waals surface area contributed by atoms with Crippen molar-refractivity contribution in [2.45, 2.75) is 10.3 Å². The smallest absolute Gasteiger partial charge is 0.103 e. The largest absolute Gasteiger partial charge is 0.368 e. The first-order valence-electron chi connectivity index (χ1n) is 11.8. The molecule has 0 radical (unpaired) electrons. The average Bonchev–Trinajstić information content (AvgIpc) is 3.60. The highest BCUT2D eigenvalue weighted by Gasteiger charge is 2.26. The van der Waals surface area contributed by atoms with E-state index in [9.17, 15) is 0 Å². The Hall–Kier alpha value is -3.73. The topological polar surface area (TPSA) is 17.0 Å². The summed E-state index contributed by atoms with van der Waals surface area (Å²) in [5.41, 5.74) is 6.26. The molecule has 1 unspecified atom stereocenters. The number of anilines is 1. The van der Waals surface area contributed by atoms with Crippen LogP contribution in [0.2, 0.25) is 0 Å². The van der Waals surface area contributed by atoms with Crippen LogP contribution in [0.3, 0.4) is 0 Å². The van der Waals surface area contributed by atoms with Gasteiger partial charge in [0.05, 0.1) is 16.7 Å². The van der Waals surface area contributed by atoms with E-state index in [1.165, 1.54) is 63.8 Å². The van der Waals surface area contributed by atoms with Crippen molar-refractivity contribution in [3.63, 3.8) is 0 Å². The van der Waals surface area contributed by atoms with Crippen LogP contribution in [0.1, 0.15) is 10.9 Å². The lowest BCUT2D eigenvalue weighted by molar-refractivity contribution is 1.12. The molecular weight excluding hydrogens is 464 g/mol. The van der Waals surface area contributed by atoms with E-state index >= 15 is 0 Å². The van der Waals surface area contributed by atoms with Crippen molar-refractivity contribution in [2.24, 2.45) is 0 Å². The lowest BCUT2D eigenvalue weighted by Crippen LogP contribution is -2.02. The summed E-state index contributed by atoms with van der Waals surface area (Å²) >= 11 is 3.79. The highest BCUT2D eigenvalue weighted by molar-refractivity contribution is 8.00. The van der Waals surface area contributed by atoms with Gasteiger partial charge >= 0.3 is 0 Å². The minimum Gasteiger partial charge on any atom is -0.368 e. The second-order valence-corrected chi connectivity index (χ2v) is 11.2. The average molecular weight is 485 g/mol. The molecule has 1 N–H and O–H groups in total. The fourth-order valence-corrected chi connectivity index (χ4v) is 7.74. The number of nitrogens with zero attached hydrogens (tertiary/aromatic N) is 1. The molecule has 3 heterocycles. The SMILES string of the molecule is c1ccc2c(c1)sc1ccc3c(c12)NC(c1ccc(-n2c4ccccc4c4ccccc42)cc1)S3. The van der Waals surface area contributed by atoms with Crippen LogP contribution in [0.15, 0.2) is 114 Å². The molecule has 2 aromatic heterocycles. The van der Waals surface area contributed by atoms with Crippen LogP contribution in [0.25, 0.3) is 47.7 Å². The lowest BCUT2D eigenvalue weighted by atomic mass is 10.1. The molecule has 0 amide bonds. The molecule has 8 rings (SSSR count). The molecule has 166 valence electrons. The van der Waals surface area contributed by atoms with Gasteiger partial charge in [0, 0.05) is 41.5 Å². The van der Waals surface area contributed by atoms with Crippen LogP contribution in [-0.2, 0) is 0 Å². The van der Waals surface area contributed by atoms with Gasteiger partial charge in [0.2, 0.25) is 0 Å². The Balaban J connectivity index is 1.20. The quantitative estimate of drug-likeness (QED) is 0.263. The standard InChI is InChI=1S/C31H20N2S2/c1-4-10-24-21(7-1)22-8-2-5-11-25(22)33(24)20-15-13-19(14-16-20)31-32-30-28(35-31)18-17-27-29(30)23-9-3-6-12-26(23)34-27/h1-18,31-32H. The number of nitrogens with one attached hydrogen (secondary N) is 1. The van der Waals surface area contributed by atoms with Crippen molar-refractivity contribution < 1.29 is 0 Å². The van der Waals surface area contributed by atoms with Gasteiger partial charge in [0.1, 0.15) is 5.37 Å². The summed E-state index contributed by atoms with van der Waals surface area (Å²) in [6.07, 6.45) is 0. The molecule has 2 nitrogen and oxygen atoms in total. The zero-order chi connectivity index (χ0) is 22.9. The fourth-order valence-electron chi connectivity index (χ4n) is 5.48. The predicted octanol–water partition coefficient (Wildman–Crippen LogP) is 9.37. The summed E-state index contributed by atoms with van der Waals surface area (Å²) in [6, 6.07) is 39.7. The maximum atomic E-state index is 3.85. The molecule has 0 spiro atoms. The molecule has 4 heteroatoms. The molecule has 0 fully saturated rings. The summed E-state index contributed by atoms with van der Waals surface area (Å²) < 4.78 is 5.07. The molecule has 0 saturated carbocycles. The van der Waals surface area contributed by atoms with Crippen molar-refractivity contribution in [3.05, 3.63) is 115 Å². The van der Waals surface area contributed by atoms with Crippen LogP contribution in [0.5, 0.6) is 0 Å². The van der Waals surface area contributed by atoms with Crippen LogP contribution >= 0.6 is 23.1 Å². The van der Waals surface area contributed by atoms with E-state index in [1.54, 1.807) is 0 Å². The van der Waals surface area contributed by atoms with Crippen molar-refractivity contribution in [1.29, 1.82) is 0 Å². The second kappa shape index (κ2) is 7.38. The van der Waals surface area contributed by atoms with Gasteiger partial charge in [-0.2, -0.15) is 0 Å². The molecule has 7 aromatic rings. The first kappa shape index (κ1) is 19.6. The number of hydrogen-bond donors (Lipinski definition) is 1. The first-order chi connectivity index (χ1) is 17.3. The van der Waals surface area contributed by atoms with Gasteiger partial charge in [-0.05, 0) is 48.0 Å². The van der Waals surface area contributed by atoms with Gasteiger partial charge < -0.3 is 9.88 Å². The first-order valence-corrected chi connectivity index (χ1v) is 13.5. The van der Waals surface area contributed by atoms with Crippen LogP contribution in [0.4, 0.5) is 5.69 Å². The van der Waals surface area contributed by atoms with Gasteiger partial charge in [-0.1, -0.05) is 78.5 Å². The van der Waals surface area contributed by atoms with Gasteiger partial charge in [-0.25, -0.2) is 0 Å². The third kappa shape index (κ3) is 2.84. The monoisotopic (exact) mass is 484 g/mol. The third-order valence-electron chi connectivity index (χ3n) is 7.06. The molecule has 0 bridgehead atoms. The number of benzene rings is 5. The van der Waals surface area contributed by atoms with E-state index in [2.05, 4.69) is 119 Å². The van der Waals surface area contributed by atoms with E-state index in [-0.39, 0.29) is 5.37 Å². The van der Waals surface area contributed by atoms with Gasteiger partial charge in [0.15, 0.2) is 0 Å². The second-order valence-electron chi connectivity index (χ2n) is 9.01. The maximum absolute atomic E-state index is 3.85. The number of aromatic nitrogens is 1. The molecular formula is C31H20N2S2. The Morgan fingerprint density at radius 3 is 2.00 bits per heavy atom.